The first-order valence-electron chi connectivity index (χ1n) is 7.52. The van der Waals surface area contributed by atoms with E-state index in [1.807, 2.05) is 0 Å². The van der Waals surface area contributed by atoms with E-state index in [2.05, 4.69) is 52.0 Å². The largest absolute Gasteiger partial charge is 4.00 e. The Balaban J connectivity index is -0.000000178. The maximum absolute atomic E-state index is 3.60. The summed E-state index contributed by atoms with van der Waals surface area (Å²) in [6.07, 6.45) is 22.6. The monoisotopic (exact) mass is 338 g/mol. The predicted octanol–water partition coefficient (Wildman–Crippen LogP) is 6.30. The average molecular weight is 340 g/mol. The molecule has 0 saturated heterocycles. The van der Waals surface area contributed by atoms with Crippen LogP contribution in [0.5, 0.6) is 0 Å². The minimum Gasteiger partial charge on any atom is -0.501 e. The molecule has 0 aromatic heterocycles. The molecule has 0 aliphatic heterocycles. The Labute approximate surface area is 142 Å². The van der Waals surface area contributed by atoms with Gasteiger partial charge in [-0.25, -0.2) is 0 Å². The van der Waals surface area contributed by atoms with Crippen molar-refractivity contribution in [2.45, 2.75) is 78.1 Å². The smallest absolute Gasteiger partial charge is 0.501 e. The first-order chi connectivity index (χ1) is 8.83. The van der Waals surface area contributed by atoms with E-state index in [9.17, 15) is 0 Å². The van der Waals surface area contributed by atoms with Gasteiger partial charge in [0.05, 0.1) is 0 Å². The van der Waals surface area contributed by atoms with E-state index in [4.69, 9.17) is 0 Å². The van der Waals surface area contributed by atoms with E-state index in [-0.39, 0.29) is 26.2 Å². The van der Waals surface area contributed by atoms with E-state index in [0.717, 1.165) is 12.8 Å². The number of unbranched alkanes of at least 4 members (excludes halogenated alkanes) is 2. The van der Waals surface area contributed by atoms with Crippen LogP contribution in [-0.4, -0.2) is 0 Å². The summed E-state index contributed by atoms with van der Waals surface area (Å²) < 4.78 is 0. The molecule has 0 atom stereocenters. The Kier molecular flexibility index (Phi) is 34.4. The Bertz CT molecular complexity index is 135. The normalized spacial score (nSPS) is 14.1. The topological polar surface area (TPSA) is 0 Å². The van der Waals surface area contributed by atoms with E-state index in [0.29, 0.717) is 0 Å². The maximum Gasteiger partial charge on any atom is 4.00 e. The van der Waals surface area contributed by atoms with Gasteiger partial charge in [0.15, 0.2) is 0 Å². The summed E-state index contributed by atoms with van der Waals surface area (Å²) in [6.45, 7) is 11.4. The molecule has 0 heterocycles. The number of rotatable bonds is 2. The minimum atomic E-state index is 0. The summed E-state index contributed by atoms with van der Waals surface area (Å²) >= 11 is 0. The van der Waals surface area contributed by atoms with Crippen molar-refractivity contribution in [1.82, 2.24) is 0 Å². The Morgan fingerprint density at radius 3 is 1.21 bits per heavy atom. The molecule has 0 radical (unpaired) electrons. The summed E-state index contributed by atoms with van der Waals surface area (Å²) in [7, 11) is 0. The van der Waals surface area contributed by atoms with Crippen LogP contribution in [0.4, 0.5) is 0 Å². The van der Waals surface area contributed by atoms with Crippen molar-refractivity contribution in [1.29, 1.82) is 0 Å². The SMILES string of the molecule is [C-]1=CCCC1.[C-]1=CCCC1.[CH2-]CCC.[CH2-]CCC.[Zr+4]. The third kappa shape index (κ3) is 32.2. The zero-order valence-corrected chi connectivity index (χ0v) is 15.6. The van der Waals surface area contributed by atoms with Gasteiger partial charge in [-0.3, -0.25) is 12.2 Å². The van der Waals surface area contributed by atoms with Crippen molar-refractivity contribution in [2.75, 3.05) is 0 Å². The van der Waals surface area contributed by atoms with Crippen LogP contribution in [0.2, 0.25) is 0 Å². The molecule has 0 aromatic carbocycles. The molecule has 1 heteroatoms. The third-order valence-electron chi connectivity index (χ3n) is 2.33. The van der Waals surface area contributed by atoms with Gasteiger partial charge < -0.3 is 26.0 Å². The summed E-state index contributed by atoms with van der Waals surface area (Å²) in [4.78, 5) is 0. The van der Waals surface area contributed by atoms with Gasteiger partial charge in [-0.2, -0.15) is 25.7 Å². The van der Waals surface area contributed by atoms with Crippen molar-refractivity contribution in [3.63, 3.8) is 0 Å². The molecular formula is C18H32Zr. The first kappa shape index (κ1) is 24.4. The third-order valence-corrected chi connectivity index (χ3v) is 2.33. The Hall–Kier alpha value is 0.363. The zero-order valence-electron chi connectivity index (χ0n) is 13.1. The zero-order chi connectivity index (χ0) is 13.9. The fraction of sp³-hybridized carbons (Fsp3) is 0.667. The van der Waals surface area contributed by atoms with Crippen molar-refractivity contribution in [2.24, 2.45) is 0 Å². The Morgan fingerprint density at radius 1 is 0.842 bits per heavy atom. The summed E-state index contributed by atoms with van der Waals surface area (Å²) in [5, 5.41) is 0. The van der Waals surface area contributed by atoms with Crippen molar-refractivity contribution in [3.8, 4) is 0 Å². The van der Waals surface area contributed by atoms with Crippen LogP contribution in [0.15, 0.2) is 12.2 Å². The van der Waals surface area contributed by atoms with Gasteiger partial charge in [-0.1, -0.05) is 52.4 Å². The second kappa shape index (κ2) is 26.8. The summed E-state index contributed by atoms with van der Waals surface area (Å²) in [5.74, 6) is 0. The van der Waals surface area contributed by atoms with Crippen LogP contribution in [0.1, 0.15) is 78.1 Å². The maximum atomic E-state index is 3.60. The fourth-order valence-electron chi connectivity index (χ4n) is 1.02. The van der Waals surface area contributed by atoms with Crippen LogP contribution >= 0.6 is 0 Å². The number of allylic oxidation sites excluding steroid dienone is 4. The van der Waals surface area contributed by atoms with Gasteiger partial charge in [0.1, 0.15) is 0 Å². The number of hydrogen-bond acceptors (Lipinski definition) is 0. The van der Waals surface area contributed by atoms with E-state index < -0.39 is 0 Å². The molecule has 0 nitrogen and oxygen atoms in total. The molecule has 0 spiro atoms. The van der Waals surface area contributed by atoms with Crippen molar-refractivity contribution in [3.05, 3.63) is 38.2 Å². The molecule has 0 unspecified atom stereocenters. The Morgan fingerprint density at radius 2 is 1.16 bits per heavy atom. The molecule has 0 aromatic rings. The van der Waals surface area contributed by atoms with Crippen LogP contribution in [0, 0.1) is 26.0 Å². The van der Waals surface area contributed by atoms with Crippen molar-refractivity contribution < 1.29 is 26.2 Å². The van der Waals surface area contributed by atoms with Gasteiger partial charge in [0.2, 0.25) is 0 Å². The summed E-state index contributed by atoms with van der Waals surface area (Å²) in [6, 6.07) is 0. The van der Waals surface area contributed by atoms with Gasteiger partial charge >= 0.3 is 26.2 Å². The van der Waals surface area contributed by atoms with Crippen LogP contribution in [0.25, 0.3) is 0 Å². The van der Waals surface area contributed by atoms with E-state index in [1.165, 1.54) is 51.4 Å². The van der Waals surface area contributed by atoms with Crippen LogP contribution < -0.4 is 0 Å². The van der Waals surface area contributed by atoms with Crippen LogP contribution in [0.3, 0.4) is 0 Å². The predicted molar refractivity (Wildman–Crippen MR) is 83.9 cm³/mol. The van der Waals surface area contributed by atoms with Gasteiger partial charge in [-0.15, -0.1) is 0 Å². The molecule has 2 aliphatic carbocycles. The summed E-state index contributed by atoms with van der Waals surface area (Å²) in [5.41, 5.74) is 0. The van der Waals surface area contributed by atoms with Gasteiger partial charge in [0, 0.05) is 0 Å². The van der Waals surface area contributed by atoms with E-state index >= 15 is 0 Å². The fourth-order valence-corrected chi connectivity index (χ4v) is 1.02. The molecule has 0 N–H and O–H groups in total. The van der Waals surface area contributed by atoms with Gasteiger partial charge in [0.25, 0.3) is 0 Å². The molecule has 0 amide bonds. The minimum absolute atomic E-state index is 0. The quantitative estimate of drug-likeness (QED) is 0.518. The second-order valence-corrected chi connectivity index (χ2v) is 4.31. The first-order valence-corrected chi connectivity index (χ1v) is 7.52. The molecule has 0 fully saturated rings. The second-order valence-electron chi connectivity index (χ2n) is 4.31. The molecular weight excluding hydrogens is 307 g/mol. The van der Waals surface area contributed by atoms with E-state index in [1.54, 1.807) is 0 Å². The average Bonchev–Trinajstić information content (AvgIpc) is 3.14. The number of hydrogen-bond donors (Lipinski definition) is 0. The van der Waals surface area contributed by atoms with Gasteiger partial charge in [-0.05, 0) is 0 Å². The molecule has 0 bridgehead atoms. The van der Waals surface area contributed by atoms with Crippen molar-refractivity contribution >= 4 is 0 Å². The molecule has 0 saturated carbocycles. The molecule has 108 valence electrons. The molecule has 19 heavy (non-hydrogen) atoms. The molecule has 2 aliphatic rings. The van der Waals surface area contributed by atoms with Crippen LogP contribution in [-0.2, 0) is 26.2 Å². The standard InChI is InChI=1S/2C5H7.2C4H9.Zr/c2*1-2-4-5-3-1;2*1-3-4-2;/h2*1H,2,4-5H2;2*1,3-4H2,2H3;/q4*-1;+4. The molecule has 2 rings (SSSR count).